The zero-order valence-corrected chi connectivity index (χ0v) is 15.8. The van der Waals surface area contributed by atoms with Crippen LogP contribution in [0.2, 0.25) is 0 Å². The van der Waals surface area contributed by atoms with Crippen LogP contribution in [-0.2, 0) is 11.0 Å². The van der Waals surface area contributed by atoms with E-state index in [0.29, 0.717) is 6.54 Å². The molecule has 0 aliphatic rings. The molecule has 1 aromatic heterocycles. The van der Waals surface area contributed by atoms with Crippen LogP contribution in [0, 0.1) is 5.92 Å². The van der Waals surface area contributed by atoms with Crippen LogP contribution in [0.3, 0.4) is 0 Å². The molecule has 1 N–H and O–H groups in total. The number of carbonyl (C=O) groups excluding carboxylic acids is 1. The third kappa shape index (κ3) is 5.81. The van der Waals surface area contributed by atoms with E-state index in [1.165, 1.54) is 12.1 Å². The van der Waals surface area contributed by atoms with Crippen molar-refractivity contribution in [1.82, 2.24) is 10.3 Å². The van der Waals surface area contributed by atoms with Gasteiger partial charge in [-0.25, -0.2) is 0 Å². The van der Waals surface area contributed by atoms with Gasteiger partial charge < -0.3 is 5.32 Å². The first-order chi connectivity index (χ1) is 12.7. The molecule has 0 spiro atoms. The fourth-order valence-electron chi connectivity index (χ4n) is 3.20. The molecule has 0 aliphatic heterocycles. The summed E-state index contributed by atoms with van der Waals surface area (Å²) in [6.45, 7) is 6.19. The summed E-state index contributed by atoms with van der Waals surface area (Å²) < 4.78 is 39.5. The van der Waals surface area contributed by atoms with Crippen LogP contribution in [0.4, 0.5) is 13.2 Å². The van der Waals surface area contributed by atoms with Crippen molar-refractivity contribution >= 4 is 5.91 Å². The van der Waals surface area contributed by atoms with E-state index in [4.69, 9.17) is 0 Å². The number of rotatable bonds is 7. The lowest BCUT2D eigenvalue weighted by Crippen LogP contribution is -2.31. The Balaban J connectivity index is 2.01. The van der Waals surface area contributed by atoms with Crippen molar-refractivity contribution < 1.29 is 18.0 Å². The number of hydrogen-bond donors (Lipinski definition) is 1. The number of amides is 1. The van der Waals surface area contributed by atoms with Crippen molar-refractivity contribution in [3.05, 3.63) is 65.5 Å². The third-order valence-electron chi connectivity index (χ3n) is 4.73. The molecule has 146 valence electrons. The number of nitrogens with zero attached hydrogens (tertiary/aromatic N) is 1. The van der Waals surface area contributed by atoms with Crippen molar-refractivity contribution in [1.29, 1.82) is 0 Å². The molecule has 0 bridgehead atoms. The molecule has 3 nitrogen and oxygen atoms in total. The van der Waals surface area contributed by atoms with Crippen LogP contribution in [0.5, 0.6) is 0 Å². The molecular formula is C21H25F3N2O. The predicted octanol–water partition coefficient (Wildman–Crippen LogP) is 5.15. The molecule has 0 fully saturated rings. The molecule has 0 aliphatic carbocycles. The van der Waals surface area contributed by atoms with Crippen LogP contribution in [0.25, 0.3) is 0 Å². The van der Waals surface area contributed by atoms with Gasteiger partial charge in [0.25, 0.3) is 0 Å². The van der Waals surface area contributed by atoms with Gasteiger partial charge in [0.05, 0.1) is 5.56 Å². The van der Waals surface area contributed by atoms with E-state index in [-0.39, 0.29) is 29.7 Å². The van der Waals surface area contributed by atoms with E-state index < -0.39 is 17.7 Å². The Bertz CT molecular complexity index is 745. The summed E-state index contributed by atoms with van der Waals surface area (Å²) in [4.78, 5) is 16.5. The summed E-state index contributed by atoms with van der Waals surface area (Å²) in [5.74, 6) is -0.397. The minimum atomic E-state index is -4.43. The lowest BCUT2D eigenvalue weighted by Gasteiger charge is -2.22. The van der Waals surface area contributed by atoms with Crippen LogP contribution in [-0.4, -0.2) is 17.4 Å². The van der Waals surface area contributed by atoms with Crippen molar-refractivity contribution in [3.63, 3.8) is 0 Å². The first-order valence-corrected chi connectivity index (χ1v) is 9.03. The summed E-state index contributed by atoms with van der Waals surface area (Å²) in [5.41, 5.74) is 0.497. The van der Waals surface area contributed by atoms with Crippen molar-refractivity contribution in [2.24, 2.45) is 5.92 Å². The molecule has 0 saturated carbocycles. The Morgan fingerprint density at radius 1 is 1.11 bits per heavy atom. The second-order valence-corrected chi connectivity index (χ2v) is 7.13. The Labute approximate surface area is 158 Å². The second-order valence-electron chi connectivity index (χ2n) is 7.13. The minimum absolute atomic E-state index is 0.00491. The second kappa shape index (κ2) is 9.02. The fourth-order valence-corrected chi connectivity index (χ4v) is 3.20. The number of halogens is 3. The van der Waals surface area contributed by atoms with Gasteiger partial charge in [0.1, 0.15) is 0 Å². The standard InChI is InChI=1S/C21H25F3N2O/c1-14(2)18(16-7-6-10-25-12-16)13-26-20(27)11-15(3)17-8-4-5-9-19(17)21(22,23)24/h4-10,12,14-15,18H,11,13H2,1-3H3,(H,26,27)/t15-,18+/m0/s1. The summed E-state index contributed by atoms with van der Waals surface area (Å²) in [6, 6.07) is 9.24. The maximum atomic E-state index is 13.2. The van der Waals surface area contributed by atoms with Crippen molar-refractivity contribution in [2.75, 3.05) is 6.54 Å². The predicted molar refractivity (Wildman–Crippen MR) is 99.3 cm³/mol. The van der Waals surface area contributed by atoms with Gasteiger partial charge in [-0.2, -0.15) is 13.2 Å². The Morgan fingerprint density at radius 2 is 1.81 bits per heavy atom. The third-order valence-corrected chi connectivity index (χ3v) is 4.73. The highest BCUT2D eigenvalue weighted by atomic mass is 19.4. The molecule has 0 radical (unpaired) electrons. The first kappa shape index (κ1) is 20.9. The Hall–Kier alpha value is -2.37. The van der Waals surface area contributed by atoms with Crippen LogP contribution < -0.4 is 5.32 Å². The van der Waals surface area contributed by atoms with Crippen molar-refractivity contribution in [2.45, 2.75) is 45.2 Å². The summed E-state index contributed by atoms with van der Waals surface area (Å²) >= 11 is 0. The number of nitrogens with one attached hydrogen (secondary N) is 1. The number of carbonyl (C=O) groups is 1. The normalized spacial score (nSPS) is 14.0. The minimum Gasteiger partial charge on any atom is -0.355 e. The average molecular weight is 378 g/mol. The molecule has 27 heavy (non-hydrogen) atoms. The Kier molecular flexibility index (Phi) is 6.99. The molecule has 2 atom stereocenters. The SMILES string of the molecule is CC(C)[C@@H](CNC(=O)C[C@H](C)c1ccccc1C(F)(F)F)c1cccnc1. The first-order valence-electron chi connectivity index (χ1n) is 9.03. The maximum absolute atomic E-state index is 13.2. The molecular weight excluding hydrogens is 353 g/mol. The largest absolute Gasteiger partial charge is 0.416 e. The topological polar surface area (TPSA) is 42.0 Å². The van der Waals surface area contributed by atoms with Crippen molar-refractivity contribution in [3.8, 4) is 0 Å². The van der Waals surface area contributed by atoms with Gasteiger partial charge in [-0.05, 0) is 35.1 Å². The molecule has 0 saturated heterocycles. The van der Waals surface area contributed by atoms with Gasteiger partial charge in [0.2, 0.25) is 5.91 Å². The van der Waals surface area contributed by atoms with E-state index in [1.54, 1.807) is 25.4 Å². The highest BCUT2D eigenvalue weighted by Crippen LogP contribution is 2.36. The number of hydrogen-bond acceptors (Lipinski definition) is 2. The summed E-state index contributed by atoms with van der Waals surface area (Å²) in [6.07, 6.45) is -0.951. The lowest BCUT2D eigenvalue weighted by molar-refractivity contribution is -0.138. The number of pyridine rings is 1. The number of benzene rings is 1. The molecule has 1 heterocycles. The Morgan fingerprint density at radius 3 is 2.41 bits per heavy atom. The van der Waals surface area contributed by atoms with Crippen LogP contribution in [0.15, 0.2) is 48.8 Å². The zero-order chi connectivity index (χ0) is 20.0. The van der Waals surface area contributed by atoms with Gasteiger partial charge in [-0.1, -0.05) is 45.0 Å². The lowest BCUT2D eigenvalue weighted by atomic mass is 9.89. The van der Waals surface area contributed by atoms with Gasteiger partial charge in [0.15, 0.2) is 0 Å². The van der Waals surface area contributed by atoms with Crippen LogP contribution in [0.1, 0.15) is 55.7 Å². The molecule has 1 aromatic carbocycles. The summed E-state index contributed by atoms with van der Waals surface area (Å²) in [5, 5.41) is 2.87. The monoisotopic (exact) mass is 378 g/mol. The maximum Gasteiger partial charge on any atom is 0.416 e. The van der Waals surface area contributed by atoms with E-state index in [9.17, 15) is 18.0 Å². The molecule has 1 amide bonds. The quantitative estimate of drug-likeness (QED) is 0.724. The van der Waals surface area contributed by atoms with E-state index in [1.807, 2.05) is 12.1 Å². The highest BCUT2D eigenvalue weighted by Gasteiger charge is 2.34. The molecule has 2 aromatic rings. The smallest absolute Gasteiger partial charge is 0.355 e. The van der Waals surface area contributed by atoms with Gasteiger partial charge in [0, 0.05) is 31.3 Å². The fraction of sp³-hybridized carbons (Fsp3) is 0.429. The molecule has 0 unspecified atom stereocenters. The van der Waals surface area contributed by atoms with Gasteiger partial charge >= 0.3 is 6.18 Å². The highest BCUT2D eigenvalue weighted by molar-refractivity contribution is 5.77. The van der Waals surface area contributed by atoms with Gasteiger partial charge in [-0.15, -0.1) is 0 Å². The number of alkyl halides is 3. The molecule has 2 rings (SSSR count). The van der Waals surface area contributed by atoms with Gasteiger partial charge in [-0.3, -0.25) is 9.78 Å². The zero-order valence-electron chi connectivity index (χ0n) is 15.8. The summed E-state index contributed by atoms with van der Waals surface area (Å²) in [7, 11) is 0. The van der Waals surface area contributed by atoms with E-state index in [2.05, 4.69) is 24.1 Å². The average Bonchev–Trinajstić information content (AvgIpc) is 2.61. The molecule has 6 heteroatoms. The van der Waals surface area contributed by atoms with E-state index >= 15 is 0 Å². The van der Waals surface area contributed by atoms with Crippen LogP contribution >= 0.6 is 0 Å². The van der Waals surface area contributed by atoms with E-state index in [0.717, 1.165) is 11.6 Å². The number of aromatic nitrogens is 1.